The number of rotatable bonds is 5. The average molecular weight is 384 g/mol. The second kappa shape index (κ2) is 5.46. The number of carbonyl (C=O) groups is 4. The van der Waals surface area contributed by atoms with Crippen LogP contribution in [0.3, 0.4) is 0 Å². The van der Waals surface area contributed by atoms with Crippen LogP contribution >= 0.6 is 23.1 Å². The zero-order valence-electron chi connectivity index (χ0n) is 13.3. The molecular formula is C15H16N2O6S2. The molecule has 3 rings (SSSR count). The van der Waals surface area contributed by atoms with Crippen molar-refractivity contribution in [3.63, 3.8) is 0 Å². The summed E-state index contributed by atoms with van der Waals surface area (Å²) in [5.41, 5.74) is 3.40. The quantitative estimate of drug-likeness (QED) is 0.491. The summed E-state index contributed by atoms with van der Waals surface area (Å²) in [6.45, 7) is 3.35. The molecule has 0 spiro atoms. The van der Waals surface area contributed by atoms with Crippen molar-refractivity contribution in [2.24, 2.45) is 11.7 Å². The van der Waals surface area contributed by atoms with Crippen molar-refractivity contribution in [2.45, 2.75) is 35.4 Å². The molecule has 134 valence electrons. The van der Waals surface area contributed by atoms with E-state index in [0.717, 1.165) is 4.90 Å². The third-order valence-corrected chi connectivity index (χ3v) is 7.10. The number of carbonyl (C=O) groups excluding carboxylic acids is 2. The van der Waals surface area contributed by atoms with Gasteiger partial charge in [-0.2, -0.15) is 11.3 Å². The van der Waals surface area contributed by atoms with Gasteiger partial charge in [0.15, 0.2) is 5.41 Å². The zero-order valence-corrected chi connectivity index (χ0v) is 15.0. The Morgan fingerprint density at radius 2 is 1.96 bits per heavy atom. The third-order valence-electron chi connectivity index (χ3n) is 4.84. The van der Waals surface area contributed by atoms with Crippen LogP contribution in [0.5, 0.6) is 0 Å². The number of nitrogens with two attached hydrogens (primary N) is 1. The van der Waals surface area contributed by atoms with Gasteiger partial charge in [0.2, 0.25) is 11.8 Å². The van der Waals surface area contributed by atoms with Crippen LogP contribution in [0, 0.1) is 5.92 Å². The summed E-state index contributed by atoms with van der Waals surface area (Å²) in [4.78, 5) is 49.9. The Balaban J connectivity index is 2.12. The lowest BCUT2D eigenvalue weighted by molar-refractivity contribution is -0.174. The molecule has 2 fully saturated rings. The van der Waals surface area contributed by atoms with Crippen molar-refractivity contribution < 1.29 is 29.4 Å². The summed E-state index contributed by atoms with van der Waals surface area (Å²) < 4.78 is -0.822. The van der Waals surface area contributed by atoms with Gasteiger partial charge >= 0.3 is 11.9 Å². The minimum absolute atomic E-state index is 0.146. The fourth-order valence-electron chi connectivity index (χ4n) is 3.74. The first-order valence-electron chi connectivity index (χ1n) is 7.35. The van der Waals surface area contributed by atoms with Crippen molar-refractivity contribution >= 4 is 46.9 Å². The van der Waals surface area contributed by atoms with Gasteiger partial charge in [0.1, 0.15) is 6.04 Å². The van der Waals surface area contributed by atoms with E-state index in [1.165, 1.54) is 34.5 Å². The highest BCUT2D eigenvalue weighted by atomic mass is 32.2. The maximum Gasteiger partial charge on any atom is 0.327 e. The Morgan fingerprint density at radius 3 is 2.40 bits per heavy atom. The summed E-state index contributed by atoms with van der Waals surface area (Å²) in [5.74, 6) is -5.72. The van der Waals surface area contributed by atoms with Gasteiger partial charge in [0.25, 0.3) is 0 Å². The summed E-state index contributed by atoms with van der Waals surface area (Å²) in [7, 11) is 0. The molecule has 4 atom stereocenters. The van der Waals surface area contributed by atoms with Crippen molar-refractivity contribution in [3.05, 3.63) is 22.4 Å². The fraction of sp³-hybridized carbons (Fsp3) is 0.467. The second-order valence-electron chi connectivity index (χ2n) is 6.57. The maximum atomic E-state index is 12.8. The number of amides is 2. The van der Waals surface area contributed by atoms with E-state index in [2.05, 4.69) is 0 Å². The van der Waals surface area contributed by atoms with Gasteiger partial charge in [0, 0.05) is 4.75 Å². The number of aliphatic carboxylic acids is 2. The van der Waals surface area contributed by atoms with E-state index < -0.39 is 51.2 Å². The lowest BCUT2D eigenvalue weighted by Crippen LogP contribution is -2.72. The van der Waals surface area contributed by atoms with Gasteiger partial charge < -0.3 is 20.8 Å². The molecule has 4 N–H and O–H groups in total. The van der Waals surface area contributed by atoms with E-state index in [-0.39, 0.29) is 5.56 Å². The van der Waals surface area contributed by atoms with Crippen molar-refractivity contribution in [1.29, 1.82) is 0 Å². The Labute approximate surface area is 151 Å². The summed E-state index contributed by atoms with van der Waals surface area (Å²) in [6.07, 6.45) is 0. The highest BCUT2D eigenvalue weighted by molar-refractivity contribution is 8.01. The van der Waals surface area contributed by atoms with E-state index in [4.69, 9.17) is 5.73 Å². The summed E-state index contributed by atoms with van der Waals surface area (Å²) in [5, 5.41) is 21.7. The van der Waals surface area contributed by atoms with Gasteiger partial charge in [-0.3, -0.25) is 14.4 Å². The number of β-lactam (4-membered cyclic amide) rings is 1. The molecule has 0 aliphatic carbocycles. The van der Waals surface area contributed by atoms with E-state index in [1.807, 2.05) is 0 Å². The molecule has 3 heterocycles. The topological polar surface area (TPSA) is 138 Å². The van der Waals surface area contributed by atoms with Crippen LogP contribution < -0.4 is 5.73 Å². The third kappa shape index (κ3) is 2.13. The number of primary amides is 1. The van der Waals surface area contributed by atoms with Crippen molar-refractivity contribution in [3.8, 4) is 0 Å². The Hall–Kier alpha value is -2.07. The van der Waals surface area contributed by atoms with Crippen molar-refractivity contribution in [1.82, 2.24) is 4.90 Å². The first kappa shape index (κ1) is 17.7. The predicted molar refractivity (Wildman–Crippen MR) is 90.0 cm³/mol. The zero-order chi connectivity index (χ0) is 18.7. The summed E-state index contributed by atoms with van der Waals surface area (Å²) >= 11 is 2.37. The molecule has 8 nitrogen and oxygen atoms in total. The Bertz CT molecular complexity index is 761. The van der Waals surface area contributed by atoms with Gasteiger partial charge in [-0.15, -0.1) is 11.8 Å². The average Bonchev–Trinajstić information content (AvgIpc) is 3.08. The van der Waals surface area contributed by atoms with Crippen LogP contribution in [0.25, 0.3) is 0 Å². The van der Waals surface area contributed by atoms with E-state index in [9.17, 15) is 29.4 Å². The molecule has 2 saturated heterocycles. The minimum atomic E-state index is -2.21. The second-order valence-corrected chi connectivity index (χ2v) is 9.12. The summed E-state index contributed by atoms with van der Waals surface area (Å²) in [6, 6.07) is 0.368. The number of fused-ring (bicyclic) bond motifs is 1. The number of thioether (sulfide) groups is 1. The molecule has 4 unspecified atom stereocenters. The first-order chi connectivity index (χ1) is 11.6. The molecule has 2 amide bonds. The number of nitrogens with zero attached hydrogens (tertiary/aromatic N) is 1. The molecule has 1 aromatic heterocycles. The van der Waals surface area contributed by atoms with Gasteiger partial charge in [-0.05, 0) is 36.2 Å². The molecule has 10 heteroatoms. The Kier molecular flexibility index (Phi) is 3.88. The van der Waals surface area contributed by atoms with Crippen LogP contribution in [0.15, 0.2) is 16.8 Å². The van der Waals surface area contributed by atoms with Gasteiger partial charge in [0.05, 0.1) is 11.3 Å². The first-order valence-corrected chi connectivity index (χ1v) is 9.17. The SMILES string of the molecule is CC1(C)SC2C(C(C(N)=O)(C(=O)O)c3ccsc3)C(=O)N2C1C(=O)O. The van der Waals surface area contributed by atoms with Crippen LogP contribution in [0.4, 0.5) is 0 Å². The highest BCUT2D eigenvalue weighted by Gasteiger charge is 2.72. The molecule has 0 saturated carbocycles. The fourth-order valence-corrected chi connectivity index (χ4v) is 6.21. The van der Waals surface area contributed by atoms with E-state index in [0.29, 0.717) is 0 Å². The number of thiophene rings is 1. The molecule has 25 heavy (non-hydrogen) atoms. The molecule has 1 aromatic rings. The van der Waals surface area contributed by atoms with Gasteiger partial charge in [-0.25, -0.2) is 4.79 Å². The molecule has 0 radical (unpaired) electrons. The highest BCUT2D eigenvalue weighted by Crippen LogP contribution is 2.58. The number of hydrogen-bond donors (Lipinski definition) is 3. The molecule has 2 aliphatic heterocycles. The van der Waals surface area contributed by atoms with E-state index in [1.54, 1.807) is 19.2 Å². The van der Waals surface area contributed by atoms with Crippen LogP contribution in [0.1, 0.15) is 19.4 Å². The van der Waals surface area contributed by atoms with E-state index >= 15 is 0 Å². The molecule has 0 bridgehead atoms. The lowest BCUT2D eigenvalue weighted by atomic mass is 9.65. The molecule has 2 aliphatic rings. The Morgan fingerprint density at radius 1 is 1.32 bits per heavy atom. The van der Waals surface area contributed by atoms with Crippen molar-refractivity contribution in [2.75, 3.05) is 0 Å². The number of carboxylic acids is 2. The van der Waals surface area contributed by atoms with Gasteiger partial charge in [-0.1, -0.05) is 0 Å². The smallest absolute Gasteiger partial charge is 0.327 e. The van der Waals surface area contributed by atoms with Crippen LogP contribution in [0.2, 0.25) is 0 Å². The lowest BCUT2D eigenvalue weighted by Gasteiger charge is -2.49. The number of hydrogen-bond acceptors (Lipinski definition) is 6. The maximum absolute atomic E-state index is 12.8. The molecule has 0 aromatic carbocycles. The molecular weight excluding hydrogens is 368 g/mol. The van der Waals surface area contributed by atoms with Crippen LogP contribution in [-0.4, -0.2) is 55.0 Å². The largest absolute Gasteiger partial charge is 0.480 e. The minimum Gasteiger partial charge on any atom is -0.480 e. The monoisotopic (exact) mass is 384 g/mol. The number of carboxylic acid groups (broad SMARTS) is 2. The standard InChI is InChI=1S/C15H16N2O6S2/c1-14(2)8(11(19)20)17-9(18)7(10(17)25-14)15(12(16)21,13(22)23)6-3-4-24-5-6/h3-5,7-8,10H,1-2H3,(H2,16,21)(H,19,20)(H,22,23). The normalized spacial score (nSPS) is 29.4. The van der Waals surface area contributed by atoms with Crippen LogP contribution in [-0.2, 0) is 24.6 Å². The predicted octanol–water partition coefficient (Wildman–Crippen LogP) is 0.319.